The zero-order valence-electron chi connectivity index (χ0n) is 12.5. The van der Waals surface area contributed by atoms with Crippen LogP contribution in [-0.4, -0.2) is 44.0 Å². The van der Waals surface area contributed by atoms with Gasteiger partial charge in [0.05, 0.1) is 24.7 Å². The van der Waals surface area contributed by atoms with Gasteiger partial charge in [0.25, 0.3) is 0 Å². The lowest BCUT2D eigenvalue weighted by atomic mass is 9.91. The number of anilines is 1. The van der Waals surface area contributed by atoms with Crippen LogP contribution in [0.4, 0.5) is 5.82 Å². The number of aryl methyl sites for hydroxylation is 2. The zero-order chi connectivity index (χ0) is 14.8. The van der Waals surface area contributed by atoms with E-state index in [0.29, 0.717) is 12.6 Å². The summed E-state index contributed by atoms with van der Waals surface area (Å²) in [5.41, 5.74) is 2.00. The number of aromatic nitrogens is 4. The van der Waals surface area contributed by atoms with Crippen LogP contribution < -0.4 is 4.90 Å². The first-order valence-electron chi connectivity index (χ1n) is 7.42. The second-order valence-electron chi connectivity index (χ2n) is 5.58. The van der Waals surface area contributed by atoms with Gasteiger partial charge in [0.1, 0.15) is 5.82 Å². The Kier molecular flexibility index (Phi) is 3.88. The summed E-state index contributed by atoms with van der Waals surface area (Å²) >= 11 is 0. The average molecular weight is 287 g/mol. The fourth-order valence-corrected chi connectivity index (χ4v) is 2.74. The summed E-state index contributed by atoms with van der Waals surface area (Å²) < 4.78 is 1.81. The molecule has 1 aliphatic carbocycles. The molecule has 0 spiro atoms. The molecule has 112 valence electrons. The Balaban J connectivity index is 1.93. The molecule has 0 aliphatic heterocycles. The summed E-state index contributed by atoms with van der Waals surface area (Å²) in [7, 11) is 0. The molecule has 0 amide bonds. The van der Waals surface area contributed by atoms with Crippen LogP contribution in [0.3, 0.4) is 0 Å². The molecule has 0 atom stereocenters. The quantitative estimate of drug-likeness (QED) is 0.905. The van der Waals surface area contributed by atoms with Gasteiger partial charge in [-0.2, -0.15) is 5.10 Å². The van der Waals surface area contributed by atoms with Crippen molar-refractivity contribution >= 4 is 5.82 Å². The van der Waals surface area contributed by atoms with E-state index in [1.807, 2.05) is 24.6 Å². The van der Waals surface area contributed by atoms with E-state index in [9.17, 15) is 5.11 Å². The lowest BCUT2D eigenvalue weighted by Crippen LogP contribution is -2.42. The van der Waals surface area contributed by atoms with Gasteiger partial charge in [0, 0.05) is 18.3 Å². The van der Waals surface area contributed by atoms with Crippen LogP contribution in [0.2, 0.25) is 0 Å². The van der Waals surface area contributed by atoms with Gasteiger partial charge in [0.15, 0.2) is 5.82 Å². The van der Waals surface area contributed by atoms with Crippen molar-refractivity contribution in [3.05, 3.63) is 29.8 Å². The first-order valence-corrected chi connectivity index (χ1v) is 7.42. The van der Waals surface area contributed by atoms with E-state index in [1.165, 1.54) is 6.42 Å². The number of hydrogen-bond acceptors (Lipinski definition) is 5. The minimum absolute atomic E-state index is 0.127. The van der Waals surface area contributed by atoms with Crippen LogP contribution >= 0.6 is 0 Å². The highest BCUT2D eigenvalue weighted by molar-refractivity contribution is 5.41. The summed E-state index contributed by atoms with van der Waals surface area (Å²) in [6.45, 7) is 4.70. The molecule has 0 bridgehead atoms. The normalized spacial score (nSPS) is 15.0. The monoisotopic (exact) mass is 287 g/mol. The topological polar surface area (TPSA) is 67.1 Å². The van der Waals surface area contributed by atoms with Crippen molar-refractivity contribution in [3.63, 3.8) is 0 Å². The molecule has 6 nitrogen and oxygen atoms in total. The Labute approximate surface area is 124 Å². The number of hydrogen-bond donors (Lipinski definition) is 1. The van der Waals surface area contributed by atoms with Gasteiger partial charge in [-0.15, -0.1) is 0 Å². The predicted octanol–water partition coefficient (Wildman–Crippen LogP) is 1.63. The molecule has 1 aliphatic rings. The lowest BCUT2D eigenvalue weighted by molar-refractivity contribution is 0.283. The number of nitrogens with zero attached hydrogens (tertiary/aromatic N) is 5. The summed E-state index contributed by atoms with van der Waals surface area (Å²) in [5, 5.41) is 13.7. The Hall–Kier alpha value is -1.95. The van der Waals surface area contributed by atoms with E-state index in [4.69, 9.17) is 4.98 Å². The zero-order valence-corrected chi connectivity index (χ0v) is 12.5. The first-order chi connectivity index (χ1) is 10.2. The largest absolute Gasteiger partial charge is 0.395 e. The molecular formula is C15H21N5O. The number of rotatable bonds is 5. The van der Waals surface area contributed by atoms with Gasteiger partial charge >= 0.3 is 0 Å². The lowest BCUT2D eigenvalue weighted by Gasteiger charge is -2.38. The molecule has 1 fully saturated rings. The highest BCUT2D eigenvalue weighted by atomic mass is 16.3. The first kappa shape index (κ1) is 14.0. The van der Waals surface area contributed by atoms with E-state index < -0.39 is 0 Å². The fraction of sp³-hybridized carbons (Fsp3) is 0.533. The second kappa shape index (κ2) is 5.81. The maximum Gasteiger partial charge on any atom is 0.174 e. The molecule has 2 aromatic heterocycles. The van der Waals surface area contributed by atoms with Crippen molar-refractivity contribution in [3.8, 4) is 5.82 Å². The number of aliphatic hydroxyl groups is 1. The van der Waals surface area contributed by atoms with Crippen LogP contribution in [0.1, 0.15) is 30.7 Å². The van der Waals surface area contributed by atoms with Crippen molar-refractivity contribution < 1.29 is 5.11 Å². The molecule has 6 heteroatoms. The Bertz CT molecular complexity index is 620. The number of aliphatic hydroxyl groups excluding tert-OH is 1. The maximum absolute atomic E-state index is 9.29. The van der Waals surface area contributed by atoms with E-state index in [1.54, 1.807) is 12.4 Å². The molecule has 3 rings (SSSR count). The standard InChI is InChI=1S/C15H21N5O/c1-11-8-12(2)20(18-11)15-10-16-9-14(17-15)19(6-7-21)13-4-3-5-13/h8-10,13,21H,3-7H2,1-2H3. The molecule has 0 aromatic carbocycles. The fourth-order valence-electron chi connectivity index (χ4n) is 2.74. The van der Waals surface area contributed by atoms with E-state index in [0.717, 1.165) is 35.9 Å². The summed E-state index contributed by atoms with van der Waals surface area (Å²) in [5.74, 6) is 1.54. The van der Waals surface area contributed by atoms with Gasteiger partial charge in [-0.1, -0.05) is 0 Å². The third kappa shape index (κ3) is 2.76. The SMILES string of the molecule is Cc1cc(C)n(-c2cncc(N(CCO)C3CCC3)n2)n1. The van der Waals surface area contributed by atoms with Crippen molar-refractivity contribution in [1.29, 1.82) is 0 Å². The third-order valence-corrected chi connectivity index (χ3v) is 3.99. The molecule has 0 saturated heterocycles. The molecular weight excluding hydrogens is 266 g/mol. The van der Waals surface area contributed by atoms with Crippen LogP contribution in [-0.2, 0) is 0 Å². The molecule has 1 saturated carbocycles. The van der Waals surface area contributed by atoms with Crippen molar-refractivity contribution in [2.75, 3.05) is 18.1 Å². The van der Waals surface area contributed by atoms with Crippen LogP contribution in [0.15, 0.2) is 18.5 Å². The smallest absolute Gasteiger partial charge is 0.174 e. The van der Waals surface area contributed by atoms with Gasteiger partial charge in [-0.25, -0.2) is 9.67 Å². The maximum atomic E-state index is 9.29. The van der Waals surface area contributed by atoms with Crippen molar-refractivity contribution in [2.24, 2.45) is 0 Å². The minimum Gasteiger partial charge on any atom is -0.395 e. The Morgan fingerprint density at radius 3 is 2.71 bits per heavy atom. The molecule has 2 aromatic rings. The Morgan fingerprint density at radius 2 is 2.14 bits per heavy atom. The van der Waals surface area contributed by atoms with Crippen molar-refractivity contribution in [1.82, 2.24) is 19.7 Å². The molecule has 0 unspecified atom stereocenters. The summed E-state index contributed by atoms with van der Waals surface area (Å²) in [4.78, 5) is 11.2. The average Bonchev–Trinajstić information content (AvgIpc) is 2.75. The van der Waals surface area contributed by atoms with E-state index in [-0.39, 0.29) is 6.61 Å². The van der Waals surface area contributed by atoms with E-state index >= 15 is 0 Å². The molecule has 21 heavy (non-hydrogen) atoms. The summed E-state index contributed by atoms with van der Waals surface area (Å²) in [6, 6.07) is 2.49. The van der Waals surface area contributed by atoms with Gasteiger partial charge in [-0.3, -0.25) is 4.98 Å². The molecule has 1 N–H and O–H groups in total. The van der Waals surface area contributed by atoms with Gasteiger partial charge in [-0.05, 0) is 39.2 Å². The Morgan fingerprint density at radius 1 is 1.33 bits per heavy atom. The van der Waals surface area contributed by atoms with Gasteiger partial charge < -0.3 is 10.0 Å². The predicted molar refractivity (Wildman–Crippen MR) is 80.7 cm³/mol. The highest BCUT2D eigenvalue weighted by Gasteiger charge is 2.26. The molecule has 2 heterocycles. The van der Waals surface area contributed by atoms with E-state index in [2.05, 4.69) is 15.0 Å². The van der Waals surface area contributed by atoms with Gasteiger partial charge in [0.2, 0.25) is 0 Å². The van der Waals surface area contributed by atoms with Crippen LogP contribution in [0, 0.1) is 13.8 Å². The highest BCUT2D eigenvalue weighted by Crippen LogP contribution is 2.28. The van der Waals surface area contributed by atoms with Crippen LogP contribution in [0.5, 0.6) is 0 Å². The second-order valence-corrected chi connectivity index (χ2v) is 5.58. The third-order valence-electron chi connectivity index (χ3n) is 3.99. The molecule has 0 radical (unpaired) electrons. The summed E-state index contributed by atoms with van der Waals surface area (Å²) in [6.07, 6.45) is 7.05. The van der Waals surface area contributed by atoms with Crippen molar-refractivity contribution in [2.45, 2.75) is 39.2 Å². The van der Waals surface area contributed by atoms with Crippen LogP contribution in [0.25, 0.3) is 5.82 Å². The minimum atomic E-state index is 0.127.